The lowest BCUT2D eigenvalue weighted by Crippen LogP contribution is -2.45. The van der Waals surface area contributed by atoms with Gasteiger partial charge in [0.15, 0.2) is 0 Å². The number of carbonyl (C=O) groups is 1. The van der Waals surface area contributed by atoms with E-state index in [4.69, 9.17) is 11.6 Å². The normalized spacial score (nSPS) is 18.6. The van der Waals surface area contributed by atoms with E-state index in [1.165, 1.54) is 15.6 Å². The summed E-state index contributed by atoms with van der Waals surface area (Å²) in [5.41, 5.74) is 1.55. The van der Waals surface area contributed by atoms with Gasteiger partial charge in [-0.2, -0.15) is 4.31 Å². The van der Waals surface area contributed by atoms with Crippen LogP contribution in [-0.4, -0.2) is 31.2 Å². The number of sulfonamides is 1. The molecule has 3 rings (SSSR count). The quantitative estimate of drug-likeness (QED) is 0.796. The predicted molar refractivity (Wildman–Crippen MR) is 105 cm³/mol. The molecular formula is C18H21ClN2O3S2. The molecule has 0 aliphatic carbocycles. The first-order valence-electron chi connectivity index (χ1n) is 8.49. The number of nitrogens with zero attached hydrogens (tertiary/aromatic N) is 1. The lowest BCUT2D eigenvalue weighted by molar-refractivity contribution is -0.117. The van der Waals surface area contributed by atoms with E-state index >= 15 is 0 Å². The molecule has 0 spiro atoms. The lowest BCUT2D eigenvalue weighted by Gasteiger charge is -2.34. The molecule has 1 aromatic heterocycles. The maximum atomic E-state index is 12.9. The van der Waals surface area contributed by atoms with Crippen molar-refractivity contribution in [3.05, 3.63) is 46.3 Å². The Labute approximate surface area is 163 Å². The Morgan fingerprint density at radius 2 is 2.15 bits per heavy atom. The number of hydrogen-bond acceptors (Lipinski definition) is 4. The number of rotatable bonds is 5. The topological polar surface area (TPSA) is 66.5 Å². The van der Waals surface area contributed by atoms with E-state index in [1.54, 1.807) is 29.6 Å². The van der Waals surface area contributed by atoms with E-state index < -0.39 is 10.0 Å². The summed E-state index contributed by atoms with van der Waals surface area (Å²) in [5, 5.41) is 5.16. The second kappa shape index (κ2) is 8.08. The number of anilines is 1. The van der Waals surface area contributed by atoms with Crippen LogP contribution in [0.1, 0.15) is 31.2 Å². The summed E-state index contributed by atoms with van der Waals surface area (Å²) < 4.78 is 27.6. The zero-order valence-corrected chi connectivity index (χ0v) is 16.8. The zero-order valence-electron chi connectivity index (χ0n) is 14.4. The van der Waals surface area contributed by atoms with Crippen molar-refractivity contribution in [3.8, 4) is 0 Å². The van der Waals surface area contributed by atoms with E-state index in [0.717, 1.165) is 18.4 Å². The Bertz CT molecular complexity index is 882. The van der Waals surface area contributed by atoms with Crippen molar-refractivity contribution in [1.82, 2.24) is 4.31 Å². The number of benzene rings is 1. The van der Waals surface area contributed by atoms with Gasteiger partial charge in [0.1, 0.15) is 4.21 Å². The van der Waals surface area contributed by atoms with Crippen LogP contribution >= 0.6 is 22.9 Å². The van der Waals surface area contributed by atoms with Crippen molar-refractivity contribution >= 4 is 44.6 Å². The first-order chi connectivity index (χ1) is 12.4. The molecule has 8 heteroatoms. The smallest absolute Gasteiger partial charge is 0.252 e. The van der Waals surface area contributed by atoms with E-state index in [2.05, 4.69) is 5.32 Å². The standard InChI is InChI=1S/C18H21ClN2O3S2/c1-13-7-8-14(11-16(13)19)20-17(22)12-15-5-2-3-9-21(15)26(23,24)18-6-4-10-25-18/h4,6-8,10-11,15H,2-3,5,9,12H2,1H3,(H,20,22)/t15-/m1/s1. The van der Waals surface area contributed by atoms with Crippen LogP contribution in [0.25, 0.3) is 0 Å². The molecule has 0 unspecified atom stereocenters. The Balaban J connectivity index is 1.72. The van der Waals surface area contributed by atoms with E-state index in [1.807, 2.05) is 13.0 Å². The number of piperidine rings is 1. The number of nitrogens with one attached hydrogen (secondary N) is 1. The van der Waals surface area contributed by atoms with Crippen LogP contribution in [0, 0.1) is 6.92 Å². The Morgan fingerprint density at radius 1 is 1.35 bits per heavy atom. The molecule has 0 radical (unpaired) electrons. The summed E-state index contributed by atoms with van der Waals surface area (Å²) >= 11 is 7.30. The molecule has 1 N–H and O–H groups in total. The third-order valence-electron chi connectivity index (χ3n) is 4.51. The average molecular weight is 413 g/mol. The summed E-state index contributed by atoms with van der Waals surface area (Å²) in [5.74, 6) is -0.205. The van der Waals surface area contributed by atoms with Crippen LogP contribution in [0.3, 0.4) is 0 Å². The van der Waals surface area contributed by atoms with Crippen LogP contribution in [0.15, 0.2) is 39.9 Å². The summed E-state index contributed by atoms with van der Waals surface area (Å²) in [6.45, 7) is 2.35. The molecule has 1 aliphatic rings. The molecule has 0 saturated carbocycles. The molecule has 5 nitrogen and oxygen atoms in total. The molecule has 140 valence electrons. The average Bonchev–Trinajstić information content (AvgIpc) is 3.14. The first kappa shape index (κ1) is 19.4. The van der Waals surface area contributed by atoms with Crippen molar-refractivity contribution in [2.75, 3.05) is 11.9 Å². The predicted octanol–water partition coefficient (Wildman–Crippen LogP) is 4.28. The number of amides is 1. The Hall–Kier alpha value is -1.41. The summed E-state index contributed by atoms with van der Waals surface area (Å²) in [6.07, 6.45) is 2.56. The fourth-order valence-corrected chi connectivity index (χ4v) is 6.11. The molecule has 0 bridgehead atoms. The Kier molecular flexibility index (Phi) is 6.02. The van der Waals surface area contributed by atoms with Gasteiger partial charge in [0.25, 0.3) is 10.0 Å². The second-order valence-corrected chi connectivity index (χ2v) is 9.89. The van der Waals surface area contributed by atoms with E-state index in [9.17, 15) is 13.2 Å². The molecule has 1 amide bonds. The molecular weight excluding hydrogens is 392 g/mol. The van der Waals surface area contributed by atoms with Gasteiger partial charge in [-0.1, -0.05) is 30.2 Å². The van der Waals surface area contributed by atoms with Gasteiger partial charge in [0.2, 0.25) is 5.91 Å². The highest BCUT2D eigenvalue weighted by molar-refractivity contribution is 7.91. The van der Waals surface area contributed by atoms with Gasteiger partial charge in [0.05, 0.1) is 0 Å². The Morgan fingerprint density at radius 3 is 2.85 bits per heavy atom. The molecule has 2 aromatic rings. The van der Waals surface area contributed by atoms with Gasteiger partial charge in [-0.3, -0.25) is 4.79 Å². The van der Waals surface area contributed by atoms with Crippen LogP contribution in [0.2, 0.25) is 5.02 Å². The van der Waals surface area contributed by atoms with Crippen molar-refractivity contribution in [3.63, 3.8) is 0 Å². The first-order valence-corrected chi connectivity index (χ1v) is 11.2. The second-order valence-electron chi connectivity index (χ2n) is 6.41. The number of halogens is 1. The number of aryl methyl sites for hydroxylation is 1. The fourth-order valence-electron chi connectivity index (χ4n) is 3.12. The maximum Gasteiger partial charge on any atom is 0.252 e. The van der Waals surface area contributed by atoms with E-state index in [-0.39, 0.29) is 18.4 Å². The molecule has 1 aromatic carbocycles. The van der Waals surface area contributed by atoms with Crippen molar-refractivity contribution in [1.29, 1.82) is 0 Å². The number of carbonyl (C=O) groups excluding carboxylic acids is 1. The van der Waals surface area contributed by atoms with Gasteiger partial charge in [-0.05, 0) is 48.9 Å². The molecule has 26 heavy (non-hydrogen) atoms. The highest BCUT2D eigenvalue weighted by Crippen LogP contribution is 2.29. The molecule has 1 saturated heterocycles. The van der Waals surface area contributed by atoms with Crippen LogP contribution < -0.4 is 5.32 Å². The SMILES string of the molecule is Cc1ccc(NC(=O)C[C@H]2CCCCN2S(=O)(=O)c2cccs2)cc1Cl. The van der Waals surface area contributed by atoms with Crippen molar-refractivity contribution in [2.24, 2.45) is 0 Å². The number of hydrogen-bond donors (Lipinski definition) is 1. The number of thiophene rings is 1. The van der Waals surface area contributed by atoms with Crippen molar-refractivity contribution < 1.29 is 13.2 Å². The van der Waals surface area contributed by atoms with Crippen molar-refractivity contribution in [2.45, 2.75) is 42.9 Å². The van der Waals surface area contributed by atoms with Gasteiger partial charge in [0, 0.05) is 29.7 Å². The molecule has 2 heterocycles. The van der Waals surface area contributed by atoms with Gasteiger partial charge in [-0.15, -0.1) is 11.3 Å². The fraction of sp³-hybridized carbons (Fsp3) is 0.389. The molecule has 1 fully saturated rings. The monoisotopic (exact) mass is 412 g/mol. The summed E-state index contributed by atoms with van der Waals surface area (Å²) in [4.78, 5) is 12.5. The minimum atomic E-state index is -3.55. The third-order valence-corrected chi connectivity index (χ3v) is 8.24. The van der Waals surface area contributed by atoms with Crippen LogP contribution in [0.5, 0.6) is 0 Å². The van der Waals surface area contributed by atoms with Crippen LogP contribution in [-0.2, 0) is 14.8 Å². The van der Waals surface area contributed by atoms with Crippen LogP contribution in [0.4, 0.5) is 5.69 Å². The zero-order chi connectivity index (χ0) is 18.7. The van der Waals surface area contributed by atoms with Gasteiger partial charge in [-0.25, -0.2) is 8.42 Å². The minimum Gasteiger partial charge on any atom is -0.326 e. The lowest BCUT2D eigenvalue weighted by atomic mass is 10.0. The summed E-state index contributed by atoms with van der Waals surface area (Å²) in [6, 6.07) is 8.35. The highest BCUT2D eigenvalue weighted by atomic mass is 35.5. The molecule has 1 aliphatic heterocycles. The van der Waals surface area contributed by atoms with E-state index in [0.29, 0.717) is 27.9 Å². The third kappa shape index (κ3) is 4.28. The summed E-state index contributed by atoms with van der Waals surface area (Å²) in [7, 11) is -3.55. The molecule has 1 atom stereocenters. The van der Waals surface area contributed by atoms with Gasteiger partial charge >= 0.3 is 0 Å². The largest absolute Gasteiger partial charge is 0.326 e. The maximum absolute atomic E-state index is 12.9. The van der Waals surface area contributed by atoms with Gasteiger partial charge < -0.3 is 5.32 Å². The highest BCUT2D eigenvalue weighted by Gasteiger charge is 2.35. The minimum absolute atomic E-state index is 0.135.